The minimum Gasteiger partial charge on any atom is -0.465 e. The first-order valence-electron chi connectivity index (χ1n) is 18.1. The lowest BCUT2D eigenvalue weighted by Gasteiger charge is -2.29. The fraction of sp³-hybridized carbons (Fsp3) is 0.538. The van der Waals surface area contributed by atoms with Crippen LogP contribution >= 0.6 is 11.3 Å². The van der Waals surface area contributed by atoms with Crippen molar-refractivity contribution >= 4 is 49.2 Å². The van der Waals surface area contributed by atoms with Gasteiger partial charge >= 0.3 is 0 Å². The topological polar surface area (TPSA) is 123 Å². The monoisotopic (exact) mass is 717 g/mol. The van der Waals surface area contributed by atoms with Crippen LogP contribution in [0.15, 0.2) is 60.7 Å². The number of hydrogen-bond acceptors (Lipinski definition) is 8. The van der Waals surface area contributed by atoms with Crippen molar-refractivity contribution in [2.75, 3.05) is 6.54 Å². The van der Waals surface area contributed by atoms with E-state index in [9.17, 15) is 22.8 Å². The smallest absolute Gasteiger partial charge is 0.274 e. The molecule has 5 atom stereocenters. The van der Waals surface area contributed by atoms with Gasteiger partial charge in [0.15, 0.2) is 5.78 Å². The highest BCUT2D eigenvalue weighted by atomic mass is 32.2. The quantitative estimate of drug-likeness (QED) is 0.258. The number of hydrogen-bond donors (Lipinski definition) is 1. The van der Waals surface area contributed by atoms with Crippen LogP contribution in [0.25, 0.3) is 10.2 Å². The molecule has 3 fully saturated rings. The van der Waals surface area contributed by atoms with Gasteiger partial charge in [-0.1, -0.05) is 72.7 Å². The van der Waals surface area contributed by atoms with Gasteiger partial charge < -0.3 is 9.64 Å². The normalized spacial score (nSPS) is 29.0. The summed E-state index contributed by atoms with van der Waals surface area (Å²) >= 11 is 1.45. The molecule has 0 unspecified atom stereocenters. The number of Topliss-reactive ketones (excluding diaryl/α,β-unsaturated/α-hetero) is 1. The van der Waals surface area contributed by atoms with Crippen LogP contribution in [-0.2, 0) is 30.8 Å². The zero-order chi connectivity index (χ0) is 35.1. The lowest BCUT2D eigenvalue weighted by molar-refractivity contribution is -0.142. The summed E-state index contributed by atoms with van der Waals surface area (Å²) in [4.78, 5) is 49.2. The molecule has 2 aliphatic carbocycles. The molecule has 2 saturated carbocycles. The Morgan fingerprint density at radius 2 is 1.90 bits per heavy atom. The highest BCUT2D eigenvalue weighted by Gasteiger charge is 2.62. The van der Waals surface area contributed by atoms with Gasteiger partial charge in [0.05, 0.1) is 33.0 Å². The van der Waals surface area contributed by atoms with Crippen molar-refractivity contribution < 1.29 is 27.5 Å². The van der Waals surface area contributed by atoms with Gasteiger partial charge in [0.25, 0.3) is 5.19 Å². The van der Waals surface area contributed by atoms with E-state index in [0.29, 0.717) is 37.3 Å². The van der Waals surface area contributed by atoms with Gasteiger partial charge in [-0.05, 0) is 94.4 Å². The van der Waals surface area contributed by atoms with Gasteiger partial charge in [-0.25, -0.2) is 13.4 Å². The first-order chi connectivity index (χ1) is 24.0. The zero-order valence-corrected chi connectivity index (χ0v) is 30.6. The molecule has 9 nitrogen and oxygen atoms in total. The van der Waals surface area contributed by atoms with Crippen LogP contribution in [-0.4, -0.2) is 59.3 Å². The molecule has 2 aromatic carbocycles. The van der Waals surface area contributed by atoms with E-state index in [1.807, 2.05) is 43.3 Å². The summed E-state index contributed by atoms with van der Waals surface area (Å²) in [5.74, 6) is -1.37. The SMILES string of the molecule is Cc1ccc2nc(O[C@@H]3C[C@H]4C(=O)C[C@]5(C(=O)NS(=O)(=O)C6(C)CC6)C[C@@H]5/C=C\CCCCC[C@H](CCc5ccccc5)C(=O)N4C3)sc2c1. The Labute approximate surface area is 298 Å². The third-order valence-electron chi connectivity index (χ3n) is 11.4. The summed E-state index contributed by atoms with van der Waals surface area (Å²) in [5, 5.41) is 0.501. The number of nitrogens with one attached hydrogen (secondary N) is 1. The molecule has 0 spiro atoms. The Balaban J connectivity index is 1.17. The number of nitrogens with zero attached hydrogens (tertiary/aromatic N) is 2. The Morgan fingerprint density at radius 1 is 1.10 bits per heavy atom. The summed E-state index contributed by atoms with van der Waals surface area (Å²) in [6.07, 6.45) is 11.0. The summed E-state index contributed by atoms with van der Waals surface area (Å²) in [5.41, 5.74) is 1.98. The molecule has 0 bridgehead atoms. The average molecular weight is 718 g/mol. The minimum atomic E-state index is -3.88. The predicted octanol–water partition coefficient (Wildman–Crippen LogP) is 6.69. The first kappa shape index (κ1) is 34.9. The van der Waals surface area contributed by atoms with E-state index < -0.39 is 38.2 Å². The number of fused-ring (bicyclic) bond motifs is 3. The van der Waals surface area contributed by atoms with Crippen molar-refractivity contribution in [2.45, 2.75) is 108 Å². The van der Waals surface area contributed by atoms with Crippen molar-refractivity contribution in [1.82, 2.24) is 14.6 Å². The minimum absolute atomic E-state index is 0.0478. The molecule has 266 valence electrons. The van der Waals surface area contributed by atoms with Gasteiger partial charge in [-0.15, -0.1) is 0 Å². The molecule has 11 heteroatoms. The number of sulfonamides is 1. The number of rotatable bonds is 8. The van der Waals surface area contributed by atoms with Crippen molar-refractivity contribution in [2.24, 2.45) is 17.3 Å². The average Bonchev–Trinajstić information content (AvgIpc) is 3.90. The van der Waals surface area contributed by atoms with Gasteiger partial charge in [0.2, 0.25) is 21.8 Å². The van der Waals surface area contributed by atoms with E-state index in [0.717, 1.165) is 54.3 Å². The molecule has 0 radical (unpaired) electrons. The molecule has 1 N–H and O–H groups in total. The molecule has 3 heterocycles. The molecule has 3 aromatic rings. The number of thiazole rings is 1. The van der Waals surface area contributed by atoms with E-state index in [1.54, 1.807) is 11.8 Å². The lowest BCUT2D eigenvalue weighted by atomic mass is 9.90. The zero-order valence-electron chi connectivity index (χ0n) is 28.9. The summed E-state index contributed by atoms with van der Waals surface area (Å²) in [6, 6.07) is 15.4. The van der Waals surface area contributed by atoms with Crippen LogP contribution in [0, 0.1) is 24.2 Å². The Kier molecular flexibility index (Phi) is 9.67. The molecule has 2 amide bonds. The third-order valence-corrected chi connectivity index (χ3v) is 14.4. The summed E-state index contributed by atoms with van der Waals surface area (Å²) in [6.45, 7) is 3.93. The predicted molar refractivity (Wildman–Crippen MR) is 194 cm³/mol. The summed E-state index contributed by atoms with van der Waals surface area (Å²) in [7, 11) is -3.88. The van der Waals surface area contributed by atoms with Crippen LogP contribution in [0.1, 0.15) is 88.7 Å². The summed E-state index contributed by atoms with van der Waals surface area (Å²) < 4.78 is 35.1. The first-order valence-corrected chi connectivity index (χ1v) is 20.4. The van der Waals surface area contributed by atoms with Gasteiger partial charge in [0, 0.05) is 18.8 Å². The number of ketones is 1. The number of aryl methyl sites for hydroxylation is 2. The number of aromatic nitrogens is 1. The molecule has 2 aliphatic heterocycles. The van der Waals surface area contributed by atoms with Crippen LogP contribution in [0.4, 0.5) is 0 Å². The largest absolute Gasteiger partial charge is 0.465 e. The molecule has 7 rings (SSSR count). The molecule has 4 aliphatic rings. The maximum absolute atomic E-state index is 14.6. The molecular formula is C39H47N3O6S2. The molecule has 50 heavy (non-hydrogen) atoms. The lowest BCUT2D eigenvalue weighted by Crippen LogP contribution is -2.47. The van der Waals surface area contributed by atoms with E-state index in [4.69, 9.17) is 4.74 Å². The van der Waals surface area contributed by atoms with Gasteiger partial charge in [-0.2, -0.15) is 0 Å². The van der Waals surface area contributed by atoms with Crippen molar-refractivity contribution in [1.29, 1.82) is 0 Å². The van der Waals surface area contributed by atoms with Gasteiger partial charge in [0.1, 0.15) is 6.10 Å². The molecule has 1 aromatic heterocycles. The van der Waals surface area contributed by atoms with Crippen molar-refractivity contribution in [3.63, 3.8) is 0 Å². The fourth-order valence-electron chi connectivity index (χ4n) is 7.69. The molecular weight excluding hydrogens is 671 g/mol. The highest BCUT2D eigenvalue weighted by molar-refractivity contribution is 7.91. The third kappa shape index (κ3) is 7.26. The number of benzene rings is 2. The maximum atomic E-state index is 14.6. The van der Waals surface area contributed by atoms with Gasteiger partial charge in [-0.3, -0.25) is 19.1 Å². The van der Waals surface area contributed by atoms with E-state index in [2.05, 4.69) is 34.0 Å². The maximum Gasteiger partial charge on any atom is 0.274 e. The highest BCUT2D eigenvalue weighted by Crippen LogP contribution is 2.57. The van der Waals surface area contributed by atoms with Crippen molar-refractivity contribution in [3.05, 3.63) is 71.8 Å². The van der Waals surface area contributed by atoms with E-state index in [1.165, 1.54) is 16.9 Å². The second kappa shape index (κ2) is 13.9. The van der Waals surface area contributed by atoms with Crippen molar-refractivity contribution in [3.8, 4) is 5.19 Å². The number of allylic oxidation sites excluding steroid dienone is 2. The second-order valence-corrected chi connectivity index (χ2v) is 18.4. The standard InChI is InChI=1S/C39H47N3O6S2/c1-26-15-18-31-34(21-26)49-37(40-31)48-30-22-32-33(43)24-39(36(45)41-50(46,47)38(2)19-20-38)23-29(39)14-10-5-3-4-9-13-28(35(44)42(32)25-30)17-16-27-11-7-6-8-12-27/h6-8,10-12,14-15,18,21,28-30,32H,3-5,9,13,16-17,19-20,22-25H2,1-2H3,(H,41,45)/b14-10-/t28-,29+,30-,32+,39-/m1/s1. The Morgan fingerprint density at radius 3 is 2.68 bits per heavy atom. The van der Waals surface area contributed by atoms with E-state index >= 15 is 0 Å². The number of carbonyl (C=O) groups is 3. The molecule has 1 saturated heterocycles. The number of ether oxygens (including phenoxy) is 1. The second-order valence-electron chi connectivity index (χ2n) is 15.2. The van der Waals surface area contributed by atoms with Crippen LogP contribution in [0.3, 0.4) is 0 Å². The van der Waals surface area contributed by atoms with Crippen LogP contribution in [0.2, 0.25) is 0 Å². The van der Waals surface area contributed by atoms with E-state index in [-0.39, 0.29) is 36.5 Å². The Hall–Kier alpha value is -3.57. The number of amides is 2. The van der Waals surface area contributed by atoms with Crippen LogP contribution in [0.5, 0.6) is 5.19 Å². The fourth-order valence-corrected chi connectivity index (χ4v) is 10.0. The number of carbonyl (C=O) groups excluding carboxylic acids is 3. The van der Waals surface area contributed by atoms with Crippen LogP contribution < -0.4 is 9.46 Å². The Bertz CT molecular complexity index is 1900.